The molecule has 0 aliphatic carbocycles. The van der Waals surface area contributed by atoms with Gasteiger partial charge in [0, 0.05) is 12.1 Å². The van der Waals surface area contributed by atoms with E-state index < -0.39 is 22.8 Å². The van der Waals surface area contributed by atoms with Crippen LogP contribution in [0.1, 0.15) is 18.0 Å². The van der Waals surface area contributed by atoms with Gasteiger partial charge in [0.25, 0.3) is 0 Å². The van der Waals surface area contributed by atoms with Crippen LogP contribution in [0.3, 0.4) is 0 Å². The summed E-state index contributed by atoms with van der Waals surface area (Å²) in [7, 11) is -1.18. The molecule has 1 aromatic heterocycles. The lowest BCUT2D eigenvalue weighted by Crippen LogP contribution is -2.14. The second-order valence-electron chi connectivity index (χ2n) is 3.46. The molecule has 3 N–H and O–H groups in total. The zero-order chi connectivity index (χ0) is 11.7. The van der Waals surface area contributed by atoms with E-state index in [4.69, 9.17) is 10.8 Å². The quantitative estimate of drug-likeness (QED) is 0.788. The molecule has 1 heterocycles. The van der Waals surface area contributed by atoms with Crippen LogP contribution in [-0.2, 0) is 4.79 Å². The Balaban J connectivity index is 2.35. The number of hydrogen-bond acceptors (Lipinski definition) is 4. The number of hydrogen-bond donors (Lipinski definition) is 2. The summed E-state index contributed by atoms with van der Waals surface area (Å²) in [6, 6.07) is 4.49. The standard InChI is InChI=1S/C10H10N2O3S/c11-7(4-10(13)14)6-1-2-9-8(3-6)12-5-16(9)15/h1-3,5,7H,4,11H2,(H,13,14). The molecule has 0 aliphatic rings. The number of benzene rings is 1. The van der Waals surface area contributed by atoms with Crippen LogP contribution in [0.4, 0.5) is 0 Å². The fourth-order valence-electron chi connectivity index (χ4n) is 1.50. The summed E-state index contributed by atoms with van der Waals surface area (Å²) in [4.78, 5) is 14.5. The van der Waals surface area contributed by atoms with Crippen LogP contribution in [0.25, 0.3) is 10.2 Å². The highest BCUT2D eigenvalue weighted by Gasteiger charge is 2.13. The van der Waals surface area contributed by atoms with Crippen molar-refractivity contribution in [2.75, 3.05) is 0 Å². The van der Waals surface area contributed by atoms with E-state index in [0.717, 1.165) is 0 Å². The third-order valence-corrected chi connectivity index (χ3v) is 3.39. The molecular weight excluding hydrogens is 228 g/mol. The largest absolute Gasteiger partial charge is 0.589 e. The lowest BCUT2D eigenvalue weighted by molar-refractivity contribution is -0.137. The Morgan fingerprint density at radius 3 is 3.06 bits per heavy atom. The van der Waals surface area contributed by atoms with E-state index in [1.807, 2.05) is 0 Å². The summed E-state index contributed by atoms with van der Waals surface area (Å²) in [5, 5.41) is 8.62. The fourth-order valence-corrected chi connectivity index (χ4v) is 2.35. The van der Waals surface area contributed by atoms with Crippen LogP contribution < -0.4 is 5.73 Å². The average molecular weight is 238 g/mol. The summed E-state index contributed by atoms with van der Waals surface area (Å²) in [5.74, 6) is -0.944. The van der Waals surface area contributed by atoms with E-state index in [-0.39, 0.29) is 6.42 Å². The number of thiazole rings is 1. The molecular formula is C10H10N2O3S. The topological polar surface area (TPSA) is 99.3 Å². The predicted octanol–water partition coefficient (Wildman–Crippen LogP) is 1.44. The molecule has 1 aromatic carbocycles. The molecule has 16 heavy (non-hydrogen) atoms. The third kappa shape index (κ3) is 2.04. The molecule has 0 aliphatic heterocycles. The molecule has 0 saturated carbocycles. The van der Waals surface area contributed by atoms with Crippen LogP contribution in [0.5, 0.6) is 0 Å². The van der Waals surface area contributed by atoms with Gasteiger partial charge in [-0.3, -0.25) is 4.79 Å². The van der Waals surface area contributed by atoms with Crippen molar-refractivity contribution in [3.63, 3.8) is 0 Å². The second kappa shape index (κ2) is 4.17. The molecule has 0 radical (unpaired) electrons. The van der Waals surface area contributed by atoms with E-state index in [2.05, 4.69) is 4.98 Å². The minimum absolute atomic E-state index is 0.133. The summed E-state index contributed by atoms with van der Waals surface area (Å²) in [5.41, 5.74) is 8.37. The molecule has 6 heteroatoms. The van der Waals surface area contributed by atoms with Crippen LogP contribution >= 0.6 is 10.8 Å². The van der Waals surface area contributed by atoms with Gasteiger partial charge < -0.3 is 15.4 Å². The number of carbonyl (C=O) groups is 1. The maximum atomic E-state index is 11.4. The minimum atomic E-state index is -1.18. The van der Waals surface area contributed by atoms with Gasteiger partial charge in [-0.1, -0.05) is 6.07 Å². The van der Waals surface area contributed by atoms with Gasteiger partial charge in [-0.05, 0) is 22.4 Å². The van der Waals surface area contributed by atoms with Crippen molar-refractivity contribution < 1.29 is 14.5 Å². The number of aromatic nitrogens is 1. The monoisotopic (exact) mass is 238 g/mol. The Bertz CT molecular complexity index is 538. The summed E-state index contributed by atoms with van der Waals surface area (Å²) in [6.45, 7) is 0. The number of nitrogens with zero attached hydrogens (tertiary/aromatic N) is 1. The normalized spacial score (nSPS) is 14.0. The van der Waals surface area contributed by atoms with Crippen LogP contribution in [0, 0.1) is 0 Å². The van der Waals surface area contributed by atoms with Gasteiger partial charge in [-0.15, -0.1) is 0 Å². The zero-order valence-electron chi connectivity index (χ0n) is 8.29. The summed E-state index contributed by atoms with van der Waals surface area (Å²) >= 11 is 0. The van der Waals surface area contributed by atoms with Gasteiger partial charge in [0.1, 0.15) is 5.52 Å². The fraction of sp³-hybridized carbons (Fsp3) is 0.200. The summed E-state index contributed by atoms with van der Waals surface area (Å²) in [6.07, 6.45) is -0.133. The van der Waals surface area contributed by atoms with E-state index in [0.29, 0.717) is 15.8 Å². The van der Waals surface area contributed by atoms with Crippen molar-refractivity contribution in [2.45, 2.75) is 12.5 Å². The van der Waals surface area contributed by atoms with Gasteiger partial charge in [-0.25, -0.2) is 0 Å². The highest BCUT2D eigenvalue weighted by atomic mass is 32.2. The molecule has 2 rings (SSSR count). The average Bonchev–Trinajstić information content (AvgIpc) is 2.59. The smallest absolute Gasteiger partial charge is 0.305 e. The van der Waals surface area contributed by atoms with Crippen molar-refractivity contribution in [3.05, 3.63) is 29.3 Å². The number of rotatable bonds is 3. The van der Waals surface area contributed by atoms with E-state index in [1.54, 1.807) is 18.2 Å². The molecule has 2 aromatic rings. The van der Waals surface area contributed by atoms with E-state index in [1.165, 1.54) is 5.51 Å². The van der Waals surface area contributed by atoms with Crippen LogP contribution in [0.15, 0.2) is 23.7 Å². The van der Waals surface area contributed by atoms with Gasteiger partial charge >= 0.3 is 5.97 Å². The first-order chi connectivity index (χ1) is 7.58. The molecule has 2 unspecified atom stereocenters. The highest BCUT2D eigenvalue weighted by Crippen LogP contribution is 2.28. The van der Waals surface area contributed by atoms with E-state index >= 15 is 0 Å². The zero-order valence-corrected chi connectivity index (χ0v) is 9.11. The lowest BCUT2D eigenvalue weighted by Gasteiger charge is -2.08. The maximum absolute atomic E-state index is 11.4. The SMILES string of the molecule is NC(CC(=O)O)c1ccc2c(c1)nc[s+]2[O-]. The second-order valence-corrected chi connectivity index (χ2v) is 4.71. The summed E-state index contributed by atoms with van der Waals surface area (Å²) < 4.78 is 12.0. The van der Waals surface area contributed by atoms with Gasteiger partial charge in [-0.2, -0.15) is 4.98 Å². The molecule has 0 fully saturated rings. The van der Waals surface area contributed by atoms with Gasteiger partial charge in [0.15, 0.2) is 4.70 Å². The van der Waals surface area contributed by atoms with Crippen molar-refractivity contribution in [1.29, 1.82) is 0 Å². The van der Waals surface area contributed by atoms with E-state index in [9.17, 15) is 9.35 Å². The Morgan fingerprint density at radius 1 is 1.62 bits per heavy atom. The molecule has 5 nitrogen and oxygen atoms in total. The minimum Gasteiger partial charge on any atom is -0.589 e. The van der Waals surface area contributed by atoms with Gasteiger partial charge in [0.05, 0.1) is 6.42 Å². The Kier molecular flexibility index (Phi) is 2.86. The molecule has 0 bridgehead atoms. The van der Waals surface area contributed by atoms with Crippen LogP contribution in [-0.4, -0.2) is 20.6 Å². The number of carboxylic acid groups (broad SMARTS) is 1. The van der Waals surface area contributed by atoms with Crippen molar-refractivity contribution >= 4 is 26.9 Å². The number of aliphatic carboxylic acids is 1. The molecule has 0 saturated heterocycles. The first-order valence-electron chi connectivity index (χ1n) is 4.64. The first kappa shape index (κ1) is 11.0. The predicted molar refractivity (Wildman–Crippen MR) is 59.6 cm³/mol. The lowest BCUT2D eigenvalue weighted by atomic mass is 10.0. The van der Waals surface area contributed by atoms with Crippen LogP contribution in [0.2, 0.25) is 0 Å². The van der Waals surface area contributed by atoms with Gasteiger partial charge in [0.2, 0.25) is 5.51 Å². The highest BCUT2D eigenvalue weighted by molar-refractivity contribution is 7.29. The molecule has 2 atom stereocenters. The molecule has 0 amide bonds. The Hall–Kier alpha value is -1.50. The number of carboxylic acids is 1. The maximum Gasteiger partial charge on any atom is 0.305 e. The first-order valence-corrected chi connectivity index (χ1v) is 5.85. The van der Waals surface area contributed by atoms with Crippen molar-refractivity contribution in [1.82, 2.24) is 4.98 Å². The molecule has 0 spiro atoms. The Morgan fingerprint density at radius 2 is 2.38 bits per heavy atom. The third-order valence-electron chi connectivity index (χ3n) is 2.31. The number of nitrogens with two attached hydrogens (primary N) is 1. The van der Waals surface area contributed by atoms with Crippen molar-refractivity contribution in [3.8, 4) is 0 Å². The Labute approximate surface area is 94.3 Å². The molecule has 84 valence electrons. The van der Waals surface area contributed by atoms with Crippen molar-refractivity contribution in [2.24, 2.45) is 5.73 Å². The number of fused-ring (bicyclic) bond motifs is 1.